The van der Waals surface area contributed by atoms with E-state index in [-0.39, 0.29) is 35.5 Å². The molecule has 0 heterocycles. The van der Waals surface area contributed by atoms with Crippen LogP contribution in [0.15, 0.2) is 72.8 Å². The molecule has 0 radical (unpaired) electrons. The monoisotopic (exact) mass is 486 g/mol. The Morgan fingerprint density at radius 1 is 0.556 bits per heavy atom. The topological polar surface area (TPSA) is 127 Å². The number of aromatic carboxylic acids is 2. The molecule has 0 spiro atoms. The summed E-state index contributed by atoms with van der Waals surface area (Å²) in [6.45, 7) is -0.0133. The van der Waals surface area contributed by atoms with Crippen molar-refractivity contribution in [3.63, 3.8) is 0 Å². The maximum absolute atomic E-state index is 12.7. The molecule has 36 heavy (non-hydrogen) atoms. The van der Waals surface area contributed by atoms with Gasteiger partial charge in [-0.25, -0.2) is 19.2 Å². The van der Waals surface area contributed by atoms with E-state index < -0.39 is 23.9 Å². The van der Waals surface area contributed by atoms with Crippen LogP contribution in [-0.2, 0) is 9.47 Å². The van der Waals surface area contributed by atoms with Gasteiger partial charge in [0.25, 0.3) is 0 Å². The highest BCUT2D eigenvalue weighted by Gasteiger charge is 2.22. The summed E-state index contributed by atoms with van der Waals surface area (Å²) in [6.07, 6.45) is 0.709. The van der Waals surface area contributed by atoms with Crippen LogP contribution in [0.2, 0.25) is 0 Å². The largest absolute Gasteiger partial charge is 0.478 e. The van der Waals surface area contributed by atoms with Crippen molar-refractivity contribution in [2.24, 2.45) is 0 Å². The Labute approximate surface area is 205 Å². The molecule has 0 aliphatic carbocycles. The maximum Gasteiger partial charge on any atom is 0.339 e. The average Bonchev–Trinajstić information content (AvgIpc) is 2.88. The Morgan fingerprint density at radius 2 is 0.944 bits per heavy atom. The van der Waals surface area contributed by atoms with Gasteiger partial charge in [0.1, 0.15) is 0 Å². The Balaban J connectivity index is 1.36. The van der Waals surface area contributed by atoms with Crippen LogP contribution in [-0.4, -0.2) is 47.3 Å². The zero-order chi connectivity index (χ0) is 25.7. The lowest BCUT2D eigenvalue weighted by molar-refractivity contribution is 0.0429. The number of carboxylic acids is 2. The van der Waals surface area contributed by atoms with Crippen molar-refractivity contribution in [2.75, 3.05) is 13.2 Å². The van der Waals surface area contributed by atoms with Crippen LogP contribution in [0.4, 0.5) is 0 Å². The van der Waals surface area contributed by atoms with Gasteiger partial charge >= 0.3 is 23.9 Å². The summed E-state index contributed by atoms with van der Waals surface area (Å²) in [5.41, 5.74) is -0.303. The third-order valence-electron chi connectivity index (χ3n) is 5.73. The second-order valence-corrected chi connectivity index (χ2v) is 8.01. The van der Waals surface area contributed by atoms with Crippen LogP contribution in [0.1, 0.15) is 54.3 Å². The van der Waals surface area contributed by atoms with Crippen molar-refractivity contribution >= 4 is 45.4 Å². The van der Waals surface area contributed by atoms with Gasteiger partial charge in [0.15, 0.2) is 0 Å². The van der Waals surface area contributed by atoms with E-state index in [1.165, 1.54) is 12.1 Å². The second-order valence-electron chi connectivity index (χ2n) is 8.01. The van der Waals surface area contributed by atoms with Crippen LogP contribution >= 0.6 is 0 Å². The minimum atomic E-state index is -1.23. The highest BCUT2D eigenvalue weighted by molar-refractivity contribution is 6.13. The number of carbonyl (C=O) groups excluding carboxylic acids is 2. The molecule has 0 bridgehead atoms. The number of ether oxygens (including phenoxy) is 2. The van der Waals surface area contributed by atoms with Gasteiger partial charge in [-0.3, -0.25) is 0 Å². The van der Waals surface area contributed by atoms with E-state index in [0.717, 1.165) is 10.8 Å². The molecule has 4 aromatic carbocycles. The standard InChI is InChI=1S/C28H22O8/c29-25(30)21-13-11-17-7-1-3-9-19(17)23(21)27(33)35-15-5-6-16-36-28(34)24-20-10-4-2-8-18(20)12-14-22(24)26(31)32/h1-4,7-14H,5-6,15-16H2,(H,29,30)(H,31,32). The van der Waals surface area contributed by atoms with Crippen LogP contribution in [0, 0.1) is 0 Å². The highest BCUT2D eigenvalue weighted by Crippen LogP contribution is 2.25. The molecule has 0 aliphatic rings. The van der Waals surface area contributed by atoms with E-state index in [4.69, 9.17) is 9.47 Å². The van der Waals surface area contributed by atoms with Crippen LogP contribution in [0.5, 0.6) is 0 Å². The molecule has 0 aliphatic heterocycles. The van der Waals surface area contributed by atoms with Gasteiger partial charge in [-0.1, -0.05) is 60.7 Å². The SMILES string of the molecule is O=C(O)c1ccc2ccccc2c1C(=O)OCCCCOC(=O)c1c(C(=O)O)ccc2ccccc12. The molecule has 0 atom stereocenters. The highest BCUT2D eigenvalue weighted by atomic mass is 16.5. The summed E-state index contributed by atoms with van der Waals surface area (Å²) in [5, 5.41) is 21.4. The number of carbonyl (C=O) groups is 4. The first-order valence-electron chi connectivity index (χ1n) is 11.2. The Hall–Kier alpha value is -4.72. The molecule has 0 aromatic heterocycles. The number of carboxylic acid groups (broad SMARTS) is 2. The smallest absolute Gasteiger partial charge is 0.339 e. The number of unbranched alkanes of at least 4 members (excludes halogenated alkanes) is 1. The predicted octanol–water partition coefficient (Wildman–Crippen LogP) is 5.18. The Bertz CT molecular complexity index is 1370. The number of benzene rings is 4. The van der Waals surface area contributed by atoms with Gasteiger partial charge in [0.05, 0.1) is 35.5 Å². The van der Waals surface area contributed by atoms with Gasteiger partial charge in [-0.05, 0) is 46.5 Å². The first-order chi connectivity index (χ1) is 17.4. The molecule has 4 rings (SSSR count). The van der Waals surface area contributed by atoms with Crippen LogP contribution in [0.25, 0.3) is 21.5 Å². The lowest BCUT2D eigenvalue weighted by Gasteiger charge is -2.12. The lowest BCUT2D eigenvalue weighted by Crippen LogP contribution is -2.14. The van der Waals surface area contributed by atoms with Crippen molar-refractivity contribution in [3.05, 3.63) is 95.1 Å². The fourth-order valence-corrected chi connectivity index (χ4v) is 4.02. The number of hydrogen-bond donors (Lipinski definition) is 2. The van der Waals surface area contributed by atoms with Crippen molar-refractivity contribution in [1.82, 2.24) is 0 Å². The average molecular weight is 486 g/mol. The number of fused-ring (bicyclic) bond motifs is 2. The first-order valence-corrected chi connectivity index (χ1v) is 11.2. The van der Waals surface area contributed by atoms with E-state index in [1.807, 2.05) is 0 Å². The van der Waals surface area contributed by atoms with Crippen molar-refractivity contribution in [1.29, 1.82) is 0 Å². The quantitative estimate of drug-likeness (QED) is 0.245. The molecule has 0 saturated heterocycles. The van der Waals surface area contributed by atoms with Gasteiger partial charge in [0.2, 0.25) is 0 Å². The summed E-state index contributed by atoms with van der Waals surface area (Å²) < 4.78 is 10.6. The zero-order valence-electron chi connectivity index (χ0n) is 19.1. The van der Waals surface area contributed by atoms with E-state index in [9.17, 15) is 29.4 Å². The van der Waals surface area contributed by atoms with Gasteiger partial charge in [-0.15, -0.1) is 0 Å². The third-order valence-corrected chi connectivity index (χ3v) is 5.73. The number of esters is 2. The molecule has 182 valence electrons. The minimum absolute atomic E-state index is 0.00664. The molecule has 4 aromatic rings. The Morgan fingerprint density at radius 3 is 1.33 bits per heavy atom. The molecule has 8 heteroatoms. The van der Waals surface area contributed by atoms with Crippen molar-refractivity contribution < 1.29 is 38.9 Å². The summed E-state index contributed by atoms with van der Waals surface area (Å²) in [4.78, 5) is 48.7. The molecule has 0 amide bonds. The summed E-state index contributed by atoms with van der Waals surface area (Å²) >= 11 is 0. The molecule has 2 N–H and O–H groups in total. The zero-order valence-corrected chi connectivity index (χ0v) is 19.1. The van der Waals surface area contributed by atoms with E-state index in [0.29, 0.717) is 23.6 Å². The molecular formula is C28H22O8. The molecule has 0 unspecified atom stereocenters. The summed E-state index contributed by atoms with van der Waals surface area (Å²) in [5.74, 6) is -3.95. The van der Waals surface area contributed by atoms with Gasteiger partial charge in [0, 0.05) is 0 Å². The fourth-order valence-electron chi connectivity index (χ4n) is 4.02. The fraction of sp³-hybridized carbons (Fsp3) is 0.143. The number of hydrogen-bond acceptors (Lipinski definition) is 6. The van der Waals surface area contributed by atoms with E-state index in [2.05, 4.69) is 0 Å². The molecule has 0 saturated carbocycles. The molecule has 0 fully saturated rings. The predicted molar refractivity (Wildman–Crippen MR) is 132 cm³/mol. The Kier molecular flexibility index (Phi) is 7.25. The van der Waals surface area contributed by atoms with Crippen LogP contribution in [0.3, 0.4) is 0 Å². The summed E-state index contributed by atoms with van der Waals surface area (Å²) in [6, 6.07) is 19.9. The van der Waals surface area contributed by atoms with E-state index >= 15 is 0 Å². The van der Waals surface area contributed by atoms with Crippen molar-refractivity contribution in [2.45, 2.75) is 12.8 Å². The van der Waals surface area contributed by atoms with Crippen LogP contribution < -0.4 is 0 Å². The van der Waals surface area contributed by atoms with E-state index in [1.54, 1.807) is 60.7 Å². The van der Waals surface area contributed by atoms with Gasteiger partial charge < -0.3 is 19.7 Å². The minimum Gasteiger partial charge on any atom is -0.478 e. The molecule has 8 nitrogen and oxygen atoms in total. The second kappa shape index (κ2) is 10.7. The lowest BCUT2D eigenvalue weighted by atomic mass is 9.99. The van der Waals surface area contributed by atoms with Gasteiger partial charge in [-0.2, -0.15) is 0 Å². The maximum atomic E-state index is 12.7. The summed E-state index contributed by atoms with van der Waals surface area (Å²) in [7, 11) is 0. The normalized spacial score (nSPS) is 10.8. The number of rotatable bonds is 9. The third kappa shape index (κ3) is 5.02. The molecular weight excluding hydrogens is 464 g/mol. The van der Waals surface area contributed by atoms with Crippen molar-refractivity contribution in [3.8, 4) is 0 Å². The first kappa shape index (κ1) is 24.4.